The van der Waals surface area contributed by atoms with Gasteiger partial charge in [0.05, 0.1) is 11.9 Å². The third-order valence-corrected chi connectivity index (χ3v) is 3.11. The van der Waals surface area contributed by atoms with Crippen LogP contribution in [0.1, 0.15) is 13.8 Å². The van der Waals surface area contributed by atoms with Crippen LogP contribution >= 0.6 is 0 Å². The lowest BCUT2D eigenvalue weighted by Gasteiger charge is -2.50. The number of anilines is 1. The van der Waals surface area contributed by atoms with Crippen molar-refractivity contribution in [3.05, 3.63) is 22.7 Å². The number of rotatable bonds is 2. The van der Waals surface area contributed by atoms with Gasteiger partial charge in [0.25, 0.3) is 5.56 Å². The minimum Gasteiger partial charge on any atom is -0.353 e. The number of hydrogen-bond donors (Lipinski definition) is 2. The van der Waals surface area contributed by atoms with Crippen molar-refractivity contribution < 1.29 is 0 Å². The summed E-state index contributed by atoms with van der Waals surface area (Å²) in [5, 5.41) is 0. The monoisotopic (exact) mass is 208 g/mol. The van der Waals surface area contributed by atoms with E-state index in [1.165, 1.54) is 12.4 Å². The molecule has 1 aliphatic rings. The Kier molecular flexibility index (Phi) is 2.26. The third-order valence-electron chi connectivity index (χ3n) is 3.11. The number of aromatic amines is 1. The molecule has 2 rings (SSSR count). The van der Waals surface area contributed by atoms with Crippen LogP contribution in [0.15, 0.2) is 17.2 Å². The summed E-state index contributed by atoms with van der Waals surface area (Å²) < 4.78 is 0. The summed E-state index contributed by atoms with van der Waals surface area (Å²) in [6.45, 7) is 5.76. The largest absolute Gasteiger partial charge is 0.353 e. The molecule has 5 heteroatoms. The molecule has 0 aliphatic carbocycles. The predicted molar refractivity (Wildman–Crippen MR) is 58.8 cm³/mol. The first kappa shape index (κ1) is 10.2. The highest BCUT2D eigenvalue weighted by Gasteiger charge is 2.42. The highest BCUT2D eigenvalue weighted by Crippen LogP contribution is 2.28. The van der Waals surface area contributed by atoms with E-state index in [1.807, 2.05) is 4.90 Å². The van der Waals surface area contributed by atoms with E-state index in [-0.39, 0.29) is 11.1 Å². The Morgan fingerprint density at radius 1 is 1.60 bits per heavy atom. The standard InChI is InChI=1S/C10H16N4O/c1-7(2)10(11)4-14(5-10)8-3-9(15)13-6-12-8/h3,6-7H,4-5,11H2,1-2H3,(H,12,13,15). The SMILES string of the molecule is CC(C)C1(N)CN(c2cc(=O)[nH]cn2)C1. The average Bonchev–Trinajstić information content (AvgIpc) is 2.12. The van der Waals surface area contributed by atoms with E-state index in [1.54, 1.807) is 0 Å². The van der Waals surface area contributed by atoms with Crippen LogP contribution in [0.5, 0.6) is 0 Å². The van der Waals surface area contributed by atoms with Gasteiger partial charge in [0, 0.05) is 19.2 Å². The molecular weight excluding hydrogens is 192 g/mol. The Balaban J connectivity index is 2.09. The van der Waals surface area contributed by atoms with Crippen LogP contribution in [-0.4, -0.2) is 28.6 Å². The summed E-state index contributed by atoms with van der Waals surface area (Å²) in [6.07, 6.45) is 1.42. The molecule has 0 unspecified atom stereocenters. The fourth-order valence-corrected chi connectivity index (χ4v) is 1.72. The van der Waals surface area contributed by atoms with Gasteiger partial charge in [-0.15, -0.1) is 0 Å². The molecule has 3 N–H and O–H groups in total. The Hall–Kier alpha value is -1.36. The van der Waals surface area contributed by atoms with Crippen LogP contribution in [-0.2, 0) is 0 Å². The van der Waals surface area contributed by atoms with E-state index in [2.05, 4.69) is 23.8 Å². The van der Waals surface area contributed by atoms with Crippen molar-refractivity contribution in [3.63, 3.8) is 0 Å². The first-order chi connectivity index (χ1) is 7.01. The van der Waals surface area contributed by atoms with Gasteiger partial charge < -0.3 is 15.6 Å². The van der Waals surface area contributed by atoms with Gasteiger partial charge in [-0.1, -0.05) is 13.8 Å². The Morgan fingerprint density at radius 2 is 2.27 bits per heavy atom. The van der Waals surface area contributed by atoms with E-state index in [0.717, 1.165) is 13.1 Å². The normalized spacial score (nSPS) is 19.1. The Morgan fingerprint density at radius 3 is 2.80 bits per heavy atom. The smallest absolute Gasteiger partial charge is 0.252 e. The molecule has 1 aliphatic heterocycles. The zero-order valence-corrected chi connectivity index (χ0v) is 9.03. The van der Waals surface area contributed by atoms with E-state index in [9.17, 15) is 4.79 Å². The highest BCUT2D eigenvalue weighted by atomic mass is 16.1. The molecule has 1 aromatic rings. The summed E-state index contributed by atoms with van der Waals surface area (Å²) in [5.74, 6) is 1.15. The Labute approximate surface area is 88.3 Å². The van der Waals surface area contributed by atoms with Crippen molar-refractivity contribution in [2.24, 2.45) is 11.7 Å². The van der Waals surface area contributed by atoms with Gasteiger partial charge in [0.2, 0.25) is 0 Å². The summed E-state index contributed by atoms with van der Waals surface area (Å²) in [7, 11) is 0. The molecule has 15 heavy (non-hydrogen) atoms. The molecule has 0 bridgehead atoms. The summed E-state index contributed by atoms with van der Waals surface area (Å²) >= 11 is 0. The molecule has 5 nitrogen and oxygen atoms in total. The molecule has 1 aromatic heterocycles. The fourth-order valence-electron chi connectivity index (χ4n) is 1.72. The lowest BCUT2D eigenvalue weighted by molar-refractivity contribution is 0.243. The fraction of sp³-hybridized carbons (Fsp3) is 0.600. The molecule has 0 saturated carbocycles. The van der Waals surface area contributed by atoms with E-state index < -0.39 is 0 Å². The zero-order chi connectivity index (χ0) is 11.1. The lowest BCUT2D eigenvalue weighted by atomic mass is 9.80. The number of nitrogens with one attached hydrogen (secondary N) is 1. The van der Waals surface area contributed by atoms with Crippen LogP contribution in [0.4, 0.5) is 5.82 Å². The van der Waals surface area contributed by atoms with Crippen molar-refractivity contribution >= 4 is 5.82 Å². The van der Waals surface area contributed by atoms with Gasteiger partial charge >= 0.3 is 0 Å². The molecular formula is C10H16N4O. The van der Waals surface area contributed by atoms with Crippen LogP contribution in [0.3, 0.4) is 0 Å². The lowest BCUT2D eigenvalue weighted by Crippen LogP contribution is -2.70. The molecule has 2 heterocycles. The van der Waals surface area contributed by atoms with Crippen LogP contribution < -0.4 is 16.2 Å². The average molecular weight is 208 g/mol. The molecule has 0 amide bonds. The molecule has 0 atom stereocenters. The topological polar surface area (TPSA) is 75.0 Å². The predicted octanol–water partition coefficient (Wildman–Crippen LogP) is -0.0566. The minimum absolute atomic E-state index is 0.126. The van der Waals surface area contributed by atoms with Gasteiger partial charge in [0.1, 0.15) is 5.82 Å². The first-order valence-electron chi connectivity index (χ1n) is 5.10. The minimum atomic E-state index is -0.135. The molecule has 1 fully saturated rings. The number of aromatic nitrogens is 2. The van der Waals surface area contributed by atoms with Crippen molar-refractivity contribution in [1.82, 2.24) is 9.97 Å². The maximum atomic E-state index is 11.1. The van der Waals surface area contributed by atoms with Crippen LogP contribution in [0.2, 0.25) is 0 Å². The maximum absolute atomic E-state index is 11.1. The first-order valence-corrected chi connectivity index (χ1v) is 5.10. The van der Waals surface area contributed by atoms with Crippen molar-refractivity contribution in [3.8, 4) is 0 Å². The van der Waals surface area contributed by atoms with Crippen molar-refractivity contribution in [2.45, 2.75) is 19.4 Å². The van der Waals surface area contributed by atoms with Gasteiger partial charge in [-0.05, 0) is 5.92 Å². The van der Waals surface area contributed by atoms with Crippen LogP contribution in [0, 0.1) is 5.92 Å². The van der Waals surface area contributed by atoms with Gasteiger partial charge in [-0.3, -0.25) is 4.79 Å². The number of nitrogens with two attached hydrogens (primary N) is 1. The molecule has 0 spiro atoms. The second kappa shape index (κ2) is 3.34. The van der Waals surface area contributed by atoms with E-state index >= 15 is 0 Å². The summed E-state index contributed by atoms with van der Waals surface area (Å²) in [6, 6.07) is 1.50. The third kappa shape index (κ3) is 1.74. The van der Waals surface area contributed by atoms with Crippen molar-refractivity contribution in [1.29, 1.82) is 0 Å². The molecule has 0 aromatic carbocycles. The van der Waals surface area contributed by atoms with Gasteiger partial charge in [-0.2, -0.15) is 0 Å². The zero-order valence-electron chi connectivity index (χ0n) is 9.03. The highest BCUT2D eigenvalue weighted by molar-refractivity contribution is 5.43. The van der Waals surface area contributed by atoms with E-state index in [0.29, 0.717) is 11.7 Å². The maximum Gasteiger partial charge on any atom is 0.252 e. The number of nitrogens with zero attached hydrogens (tertiary/aromatic N) is 2. The summed E-state index contributed by atoms with van der Waals surface area (Å²) in [5.41, 5.74) is 5.90. The van der Waals surface area contributed by atoms with Gasteiger partial charge in [-0.25, -0.2) is 4.98 Å². The second-order valence-electron chi connectivity index (χ2n) is 4.51. The van der Waals surface area contributed by atoms with Crippen molar-refractivity contribution in [2.75, 3.05) is 18.0 Å². The quantitative estimate of drug-likeness (QED) is 0.714. The number of H-pyrrole nitrogens is 1. The summed E-state index contributed by atoms with van der Waals surface area (Å²) in [4.78, 5) is 19.7. The second-order valence-corrected chi connectivity index (χ2v) is 4.51. The number of hydrogen-bond acceptors (Lipinski definition) is 4. The van der Waals surface area contributed by atoms with E-state index in [4.69, 9.17) is 5.73 Å². The Bertz CT molecular complexity index is 406. The molecule has 1 saturated heterocycles. The van der Waals surface area contributed by atoms with Gasteiger partial charge in [0.15, 0.2) is 0 Å². The molecule has 82 valence electrons. The van der Waals surface area contributed by atoms with Crippen LogP contribution in [0.25, 0.3) is 0 Å². The molecule has 0 radical (unpaired) electrons.